The van der Waals surface area contributed by atoms with Gasteiger partial charge in [-0.2, -0.15) is 0 Å². The lowest BCUT2D eigenvalue weighted by Crippen LogP contribution is -2.24. The lowest BCUT2D eigenvalue weighted by molar-refractivity contribution is 0.0943. The van der Waals surface area contributed by atoms with Gasteiger partial charge in [0.25, 0.3) is 5.91 Å². The number of rotatable bonds is 3. The zero-order valence-electron chi connectivity index (χ0n) is 12.4. The van der Waals surface area contributed by atoms with Crippen molar-refractivity contribution in [2.75, 3.05) is 0 Å². The van der Waals surface area contributed by atoms with E-state index in [2.05, 4.69) is 15.3 Å². The molecule has 0 unspecified atom stereocenters. The van der Waals surface area contributed by atoms with E-state index in [1.54, 1.807) is 31.2 Å². The van der Waals surface area contributed by atoms with Crippen molar-refractivity contribution in [1.82, 2.24) is 15.3 Å². The number of nitrogens with zero attached hydrogens (tertiary/aromatic N) is 2. The highest BCUT2D eigenvalue weighted by Crippen LogP contribution is 2.25. The number of carbonyl (C=O) groups excluding carboxylic acids is 1. The maximum absolute atomic E-state index is 12.8. The summed E-state index contributed by atoms with van der Waals surface area (Å²) in [5.41, 5.74) is 1.73. The number of fused-ring (bicyclic) bond motifs is 1. The molecule has 0 spiro atoms. The Morgan fingerprint density at radius 2 is 1.96 bits per heavy atom. The van der Waals surface area contributed by atoms with E-state index < -0.39 is 5.91 Å². The van der Waals surface area contributed by atoms with Gasteiger partial charge in [0.2, 0.25) is 0 Å². The van der Waals surface area contributed by atoms with Crippen molar-refractivity contribution in [1.29, 1.82) is 0 Å². The predicted octanol–water partition coefficient (Wildman–Crippen LogP) is 2.71. The molecule has 0 bridgehead atoms. The number of nitrogens with one attached hydrogen (secondary N) is 1. The highest BCUT2D eigenvalue weighted by Gasteiger charge is 2.16. The number of aromatic hydroxyl groups is 1. The van der Waals surface area contributed by atoms with Gasteiger partial charge in [-0.1, -0.05) is 12.1 Å². The lowest BCUT2D eigenvalue weighted by atomic mass is 10.2. The lowest BCUT2D eigenvalue weighted by Gasteiger charge is -2.08. The first-order chi connectivity index (χ1) is 11.0. The first-order valence-electron chi connectivity index (χ1n) is 7.02. The summed E-state index contributed by atoms with van der Waals surface area (Å²) in [5, 5.41) is 13.5. The zero-order chi connectivity index (χ0) is 16.4. The van der Waals surface area contributed by atoms with Gasteiger partial charge in [-0.15, -0.1) is 0 Å². The smallest absolute Gasteiger partial charge is 0.274 e. The first-order valence-corrected chi connectivity index (χ1v) is 7.02. The van der Waals surface area contributed by atoms with Crippen molar-refractivity contribution in [2.24, 2.45) is 0 Å². The third-order valence-corrected chi connectivity index (χ3v) is 3.43. The van der Waals surface area contributed by atoms with Crippen LogP contribution >= 0.6 is 0 Å². The van der Waals surface area contributed by atoms with E-state index in [4.69, 9.17) is 0 Å². The molecule has 0 aliphatic heterocycles. The number of benzene rings is 1. The molecule has 5 nitrogen and oxygen atoms in total. The van der Waals surface area contributed by atoms with Crippen LogP contribution in [0.25, 0.3) is 10.9 Å². The highest BCUT2D eigenvalue weighted by molar-refractivity contribution is 6.00. The Hall–Kier alpha value is -3.02. The molecule has 0 radical (unpaired) electrons. The maximum Gasteiger partial charge on any atom is 0.274 e. The highest BCUT2D eigenvalue weighted by atomic mass is 19.1. The van der Waals surface area contributed by atoms with Gasteiger partial charge in [-0.05, 0) is 36.8 Å². The minimum Gasteiger partial charge on any atom is -0.504 e. The third kappa shape index (κ3) is 3.11. The number of aromatic nitrogens is 2. The molecule has 2 aromatic heterocycles. The molecule has 0 fully saturated rings. The molecule has 0 saturated heterocycles. The number of aryl methyl sites for hydroxylation is 1. The number of hydrogen-bond donors (Lipinski definition) is 2. The van der Waals surface area contributed by atoms with Gasteiger partial charge in [0, 0.05) is 23.8 Å². The SMILES string of the molecule is Cc1ccc2cnc(C(=O)NCc3ccc(F)cc3)c(O)c2n1. The normalized spacial score (nSPS) is 10.7. The quantitative estimate of drug-likeness (QED) is 0.780. The zero-order valence-corrected chi connectivity index (χ0v) is 12.4. The maximum atomic E-state index is 12.8. The molecular weight excluding hydrogens is 297 g/mol. The summed E-state index contributed by atoms with van der Waals surface area (Å²) in [6, 6.07) is 9.38. The molecule has 116 valence electrons. The Bertz CT molecular complexity index is 879. The Morgan fingerprint density at radius 3 is 2.70 bits per heavy atom. The van der Waals surface area contributed by atoms with Crippen molar-refractivity contribution in [3.05, 3.63) is 65.4 Å². The summed E-state index contributed by atoms with van der Waals surface area (Å²) < 4.78 is 12.8. The van der Waals surface area contributed by atoms with E-state index in [9.17, 15) is 14.3 Å². The largest absolute Gasteiger partial charge is 0.504 e. The minimum atomic E-state index is -0.517. The molecular formula is C17H14FN3O2. The fourth-order valence-electron chi connectivity index (χ4n) is 2.20. The molecule has 6 heteroatoms. The summed E-state index contributed by atoms with van der Waals surface area (Å²) in [6.07, 6.45) is 1.49. The van der Waals surface area contributed by atoms with E-state index >= 15 is 0 Å². The molecule has 0 aliphatic carbocycles. The fourth-order valence-corrected chi connectivity index (χ4v) is 2.20. The number of pyridine rings is 2. The van der Waals surface area contributed by atoms with E-state index in [1.165, 1.54) is 18.3 Å². The monoisotopic (exact) mass is 311 g/mol. The van der Waals surface area contributed by atoms with Crippen molar-refractivity contribution in [3.63, 3.8) is 0 Å². The third-order valence-electron chi connectivity index (χ3n) is 3.43. The number of halogens is 1. The van der Waals surface area contributed by atoms with E-state index in [-0.39, 0.29) is 23.8 Å². The van der Waals surface area contributed by atoms with Gasteiger partial charge in [0.1, 0.15) is 11.3 Å². The van der Waals surface area contributed by atoms with Crippen molar-refractivity contribution in [3.8, 4) is 5.75 Å². The first kappa shape index (κ1) is 14.9. The molecule has 0 atom stereocenters. The summed E-state index contributed by atoms with van der Waals surface area (Å²) in [4.78, 5) is 20.4. The van der Waals surface area contributed by atoms with Gasteiger partial charge in [0.05, 0.1) is 0 Å². The Morgan fingerprint density at radius 1 is 1.22 bits per heavy atom. The second-order valence-corrected chi connectivity index (χ2v) is 5.16. The van der Waals surface area contributed by atoms with Crippen LogP contribution in [0.3, 0.4) is 0 Å². The van der Waals surface area contributed by atoms with E-state index in [0.29, 0.717) is 10.9 Å². The van der Waals surface area contributed by atoms with Crippen LogP contribution in [-0.4, -0.2) is 21.0 Å². The van der Waals surface area contributed by atoms with E-state index in [0.717, 1.165) is 11.3 Å². The predicted molar refractivity (Wildman–Crippen MR) is 83.5 cm³/mol. The van der Waals surface area contributed by atoms with Gasteiger partial charge in [0.15, 0.2) is 11.4 Å². The van der Waals surface area contributed by atoms with Crippen molar-refractivity contribution in [2.45, 2.75) is 13.5 Å². The summed E-state index contributed by atoms with van der Waals surface area (Å²) >= 11 is 0. The Balaban J connectivity index is 1.83. The Kier molecular flexibility index (Phi) is 3.89. The molecule has 3 aromatic rings. The van der Waals surface area contributed by atoms with E-state index in [1.807, 2.05) is 0 Å². The second kappa shape index (κ2) is 6.00. The molecule has 2 N–H and O–H groups in total. The number of amides is 1. The summed E-state index contributed by atoms with van der Waals surface area (Å²) in [6.45, 7) is 2.01. The number of hydrogen-bond acceptors (Lipinski definition) is 4. The van der Waals surface area contributed by atoms with Crippen LogP contribution in [0, 0.1) is 12.7 Å². The van der Waals surface area contributed by atoms with Gasteiger partial charge in [-0.25, -0.2) is 14.4 Å². The standard InChI is InChI=1S/C17H14FN3O2/c1-10-2-5-12-9-19-15(16(22)14(12)21-10)17(23)20-8-11-3-6-13(18)7-4-11/h2-7,9,22H,8H2,1H3,(H,20,23). The van der Waals surface area contributed by atoms with Gasteiger partial charge < -0.3 is 10.4 Å². The minimum absolute atomic E-state index is 0.0855. The van der Waals surface area contributed by atoms with Crippen LogP contribution in [0.2, 0.25) is 0 Å². The van der Waals surface area contributed by atoms with Crippen LogP contribution in [0.15, 0.2) is 42.6 Å². The molecule has 2 heterocycles. The molecule has 1 aromatic carbocycles. The fraction of sp³-hybridized carbons (Fsp3) is 0.118. The van der Waals surface area contributed by atoms with Crippen molar-refractivity contribution < 1.29 is 14.3 Å². The summed E-state index contributed by atoms with van der Waals surface area (Å²) in [7, 11) is 0. The van der Waals surface area contributed by atoms with Crippen LogP contribution in [0.5, 0.6) is 5.75 Å². The van der Waals surface area contributed by atoms with Gasteiger partial charge in [-0.3, -0.25) is 4.79 Å². The molecule has 3 rings (SSSR count). The average molecular weight is 311 g/mol. The van der Waals surface area contributed by atoms with Gasteiger partial charge >= 0.3 is 0 Å². The van der Waals surface area contributed by atoms with Crippen LogP contribution in [0.4, 0.5) is 4.39 Å². The second-order valence-electron chi connectivity index (χ2n) is 5.16. The Labute approximate surface area is 131 Å². The molecule has 23 heavy (non-hydrogen) atoms. The number of carbonyl (C=O) groups is 1. The van der Waals surface area contributed by atoms with Crippen LogP contribution in [-0.2, 0) is 6.54 Å². The molecule has 1 amide bonds. The molecule has 0 aliphatic rings. The van der Waals surface area contributed by atoms with Crippen molar-refractivity contribution >= 4 is 16.8 Å². The molecule has 0 saturated carbocycles. The van der Waals surface area contributed by atoms with Crippen LogP contribution in [0.1, 0.15) is 21.7 Å². The topological polar surface area (TPSA) is 75.1 Å². The summed E-state index contributed by atoms with van der Waals surface area (Å²) in [5.74, 6) is -1.10. The average Bonchev–Trinajstić information content (AvgIpc) is 2.55. The van der Waals surface area contributed by atoms with Crippen LogP contribution < -0.4 is 5.32 Å².